The molecular weight excluding hydrogens is 234 g/mol. The maximum Gasteiger partial charge on any atom is 0.220 e. The molecule has 0 radical (unpaired) electrons. The van der Waals surface area contributed by atoms with Crippen molar-refractivity contribution in [2.24, 2.45) is 5.92 Å². The highest BCUT2D eigenvalue weighted by Gasteiger charge is 2.31. The number of ether oxygens (including phenoxy) is 1. The number of aliphatic hydroxyl groups excluding tert-OH is 2. The highest BCUT2D eigenvalue weighted by atomic mass is 16.5. The van der Waals surface area contributed by atoms with Gasteiger partial charge >= 0.3 is 0 Å². The van der Waals surface area contributed by atoms with Crippen LogP contribution < -0.4 is 5.32 Å². The topological polar surface area (TPSA) is 78.8 Å². The lowest BCUT2D eigenvalue weighted by Gasteiger charge is -2.32. The molecule has 2 rings (SSSR count). The minimum atomic E-state index is -0.822. The summed E-state index contributed by atoms with van der Waals surface area (Å²) in [5.41, 5.74) is 0. The monoisotopic (exact) mass is 257 g/mol. The van der Waals surface area contributed by atoms with E-state index in [1.54, 1.807) is 0 Å². The molecule has 5 nitrogen and oxygen atoms in total. The van der Waals surface area contributed by atoms with Crippen LogP contribution in [0, 0.1) is 5.92 Å². The van der Waals surface area contributed by atoms with E-state index < -0.39 is 12.2 Å². The molecule has 0 aromatic heterocycles. The van der Waals surface area contributed by atoms with Crippen LogP contribution in [-0.2, 0) is 9.53 Å². The molecule has 18 heavy (non-hydrogen) atoms. The number of amides is 1. The summed E-state index contributed by atoms with van der Waals surface area (Å²) < 4.78 is 5.26. The van der Waals surface area contributed by atoms with Gasteiger partial charge in [0.1, 0.15) is 0 Å². The van der Waals surface area contributed by atoms with Crippen molar-refractivity contribution < 1.29 is 19.7 Å². The fourth-order valence-electron chi connectivity index (χ4n) is 2.79. The van der Waals surface area contributed by atoms with Crippen LogP contribution in [0.25, 0.3) is 0 Å². The van der Waals surface area contributed by atoms with E-state index in [2.05, 4.69) is 5.32 Å². The van der Waals surface area contributed by atoms with Gasteiger partial charge in [-0.25, -0.2) is 0 Å². The Balaban J connectivity index is 1.75. The summed E-state index contributed by atoms with van der Waals surface area (Å²) in [7, 11) is 0. The summed E-state index contributed by atoms with van der Waals surface area (Å²) in [6, 6.07) is -0.291. The third kappa shape index (κ3) is 3.67. The Morgan fingerprint density at radius 2 is 1.89 bits per heavy atom. The van der Waals surface area contributed by atoms with Gasteiger partial charge in [0.05, 0.1) is 18.2 Å². The van der Waals surface area contributed by atoms with Gasteiger partial charge in [-0.1, -0.05) is 0 Å². The number of nitrogens with one attached hydrogen (secondary N) is 1. The van der Waals surface area contributed by atoms with Crippen LogP contribution in [0.15, 0.2) is 0 Å². The second kappa shape index (κ2) is 6.50. The Bertz CT molecular complexity index is 278. The Kier molecular flexibility index (Phi) is 4.97. The van der Waals surface area contributed by atoms with E-state index >= 15 is 0 Å². The fraction of sp³-hybridized carbons (Fsp3) is 0.923. The third-order valence-corrected chi connectivity index (χ3v) is 3.98. The molecule has 1 amide bonds. The molecule has 2 aliphatic rings. The lowest BCUT2D eigenvalue weighted by molar-refractivity contribution is -0.125. The summed E-state index contributed by atoms with van der Waals surface area (Å²) in [6.07, 6.45) is 3.06. The van der Waals surface area contributed by atoms with E-state index in [0.717, 1.165) is 38.9 Å². The molecule has 0 bridgehead atoms. The second-order valence-electron chi connectivity index (χ2n) is 5.42. The first kappa shape index (κ1) is 13.8. The van der Waals surface area contributed by atoms with Gasteiger partial charge in [-0.2, -0.15) is 0 Å². The number of hydrogen-bond acceptors (Lipinski definition) is 4. The van der Waals surface area contributed by atoms with Crippen LogP contribution in [0.2, 0.25) is 0 Å². The van der Waals surface area contributed by atoms with Crippen molar-refractivity contribution >= 4 is 5.91 Å². The Hall–Kier alpha value is -0.650. The summed E-state index contributed by atoms with van der Waals surface area (Å²) in [5, 5.41) is 22.2. The van der Waals surface area contributed by atoms with Gasteiger partial charge in [0, 0.05) is 19.6 Å². The molecule has 1 heterocycles. The number of carbonyl (C=O) groups is 1. The van der Waals surface area contributed by atoms with Crippen molar-refractivity contribution in [2.45, 2.75) is 56.8 Å². The van der Waals surface area contributed by atoms with Gasteiger partial charge in [0.15, 0.2) is 0 Å². The molecular formula is C13H23NO4. The highest BCUT2D eigenvalue weighted by Crippen LogP contribution is 2.21. The molecule has 0 aromatic carbocycles. The Morgan fingerprint density at radius 3 is 2.61 bits per heavy atom. The van der Waals surface area contributed by atoms with Crippen LogP contribution in [0.5, 0.6) is 0 Å². The molecule has 1 aliphatic heterocycles. The van der Waals surface area contributed by atoms with E-state index in [1.165, 1.54) is 0 Å². The van der Waals surface area contributed by atoms with E-state index in [1.807, 2.05) is 0 Å². The third-order valence-electron chi connectivity index (χ3n) is 3.98. The molecule has 1 saturated carbocycles. The van der Waals surface area contributed by atoms with Crippen LogP contribution in [-0.4, -0.2) is 47.6 Å². The standard InChI is InChI=1S/C13H23NO4/c15-11-3-1-2-10(13(11)17)14-12(16)8-9-4-6-18-7-5-9/h9-11,13,15,17H,1-8H2,(H,14,16)/t10-,11-,13-/m1/s1. The van der Waals surface area contributed by atoms with Crippen LogP contribution in [0.3, 0.4) is 0 Å². The van der Waals surface area contributed by atoms with E-state index in [4.69, 9.17) is 4.74 Å². The van der Waals surface area contributed by atoms with Crippen molar-refractivity contribution in [3.05, 3.63) is 0 Å². The first-order valence-electron chi connectivity index (χ1n) is 6.90. The normalized spacial score (nSPS) is 34.2. The Morgan fingerprint density at radius 1 is 1.17 bits per heavy atom. The van der Waals surface area contributed by atoms with Gasteiger partial charge < -0.3 is 20.3 Å². The van der Waals surface area contributed by atoms with Gasteiger partial charge in [0.25, 0.3) is 0 Å². The molecule has 3 N–H and O–H groups in total. The quantitative estimate of drug-likeness (QED) is 0.674. The zero-order valence-electron chi connectivity index (χ0n) is 10.7. The fourth-order valence-corrected chi connectivity index (χ4v) is 2.79. The molecule has 0 aromatic rings. The van der Waals surface area contributed by atoms with E-state index in [0.29, 0.717) is 18.8 Å². The molecule has 1 aliphatic carbocycles. The first-order chi connectivity index (χ1) is 8.66. The predicted molar refractivity (Wildman–Crippen MR) is 66.0 cm³/mol. The van der Waals surface area contributed by atoms with Gasteiger partial charge in [-0.15, -0.1) is 0 Å². The Labute approximate surface area is 108 Å². The largest absolute Gasteiger partial charge is 0.390 e. The van der Waals surface area contributed by atoms with Crippen molar-refractivity contribution in [3.8, 4) is 0 Å². The molecule has 104 valence electrons. The number of aliphatic hydroxyl groups is 2. The zero-order chi connectivity index (χ0) is 13.0. The minimum absolute atomic E-state index is 0.0138. The van der Waals surface area contributed by atoms with Gasteiger partial charge in [-0.05, 0) is 38.0 Å². The van der Waals surface area contributed by atoms with Gasteiger partial charge in [-0.3, -0.25) is 4.79 Å². The van der Waals surface area contributed by atoms with Crippen molar-refractivity contribution in [2.75, 3.05) is 13.2 Å². The predicted octanol–water partition coefficient (Wildman–Crippen LogP) is 0.194. The maximum absolute atomic E-state index is 11.9. The van der Waals surface area contributed by atoms with E-state index in [9.17, 15) is 15.0 Å². The number of carbonyl (C=O) groups excluding carboxylic acids is 1. The van der Waals surface area contributed by atoms with Crippen LogP contribution in [0.4, 0.5) is 0 Å². The first-order valence-corrected chi connectivity index (χ1v) is 6.90. The SMILES string of the molecule is O=C(CC1CCOCC1)N[C@@H]1CCC[C@@H](O)[C@@H]1O. The summed E-state index contributed by atoms with van der Waals surface area (Å²) in [4.78, 5) is 11.9. The second-order valence-corrected chi connectivity index (χ2v) is 5.42. The maximum atomic E-state index is 11.9. The summed E-state index contributed by atoms with van der Waals surface area (Å²) >= 11 is 0. The number of rotatable bonds is 3. The lowest BCUT2D eigenvalue weighted by atomic mass is 9.89. The summed E-state index contributed by atoms with van der Waals surface area (Å²) in [5.74, 6) is 0.379. The summed E-state index contributed by atoms with van der Waals surface area (Å²) in [6.45, 7) is 1.48. The minimum Gasteiger partial charge on any atom is -0.390 e. The molecule has 2 fully saturated rings. The van der Waals surface area contributed by atoms with Crippen LogP contribution >= 0.6 is 0 Å². The van der Waals surface area contributed by atoms with Crippen molar-refractivity contribution in [1.82, 2.24) is 5.32 Å². The molecule has 3 atom stereocenters. The van der Waals surface area contributed by atoms with Crippen molar-refractivity contribution in [3.63, 3.8) is 0 Å². The number of hydrogen-bond donors (Lipinski definition) is 3. The molecule has 0 unspecified atom stereocenters. The average Bonchev–Trinajstić information content (AvgIpc) is 2.36. The van der Waals surface area contributed by atoms with E-state index in [-0.39, 0.29) is 11.9 Å². The highest BCUT2D eigenvalue weighted by molar-refractivity contribution is 5.76. The van der Waals surface area contributed by atoms with Gasteiger partial charge in [0.2, 0.25) is 5.91 Å². The zero-order valence-corrected chi connectivity index (χ0v) is 10.7. The molecule has 0 spiro atoms. The van der Waals surface area contributed by atoms with Crippen molar-refractivity contribution in [1.29, 1.82) is 0 Å². The molecule has 5 heteroatoms. The smallest absolute Gasteiger partial charge is 0.220 e. The molecule has 1 saturated heterocycles. The average molecular weight is 257 g/mol. The van der Waals surface area contributed by atoms with Crippen LogP contribution in [0.1, 0.15) is 38.5 Å². The lowest BCUT2D eigenvalue weighted by Crippen LogP contribution is -2.51.